The summed E-state index contributed by atoms with van der Waals surface area (Å²) in [6.07, 6.45) is -16.0. The quantitative estimate of drug-likeness (QED) is 0.308. The normalized spacial score (nSPS) is 17.5. The van der Waals surface area contributed by atoms with E-state index in [0.717, 1.165) is 17.7 Å². The van der Waals surface area contributed by atoms with E-state index in [1.165, 1.54) is 12.1 Å². The fourth-order valence-corrected chi connectivity index (χ4v) is 3.53. The smallest absolute Gasteiger partial charge is 0.434 e. The summed E-state index contributed by atoms with van der Waals surface area (Å²) in [5.74, 6) is -0.770. The lowest BCUT2D eigenvalue weighted by atomic mass is 10.1. The van der Waals surface area contributed by atoms with Crippen molar-refractivity contribution >= 4 is 12.1 Å². The fraction of sp³-hybridized carbons (Fsp3) is 0.619. The Balaban J connectivity index is 1.57. The van der Waals surface area contributed by atoms with Crippen molar-refractivity contribution < 1.29 is 54.5 Å². The Bertz CT molecular complexity index is 912. The summed E-state index contributed by atoms with van der Waals surface area (Å²) in [5, 5.41) is 0. The molecule has 1 aliphatic carbocycles. The number of nitrogens with zero attached hydrogens (tertiary/aromatic N) is 2. The van der Waals surface area contributed by atoms with Crippen molar-refractivity contribution in [2.45, 2.75) is 44.8 Å². The molecule has 14 heteroatoms. The average Bonchev–Trinajstić information content (AvgIpc) is 3.58. The van der Waals surface area contributed by atoms with Crippen LogP contribution in [0.4, 0.5) is 35.5 Å². The molecular formula is C21H23F7N2O5. The molecule has 1 aromatic carbocycles. The zero-order chi connectivity index (χ0) is 26.0. The zero-order valence-corrected chi connectivity index (χ0v) is 18.5. The number of benzene rings is 1. The Labute approximate surface area is 195 Å². The molecule has 1 aromatic rings. The van der Waals surface area contributed by atoms with Crippen LogP contribution in [0.1, 0.15) is 24.0 Å². The van der Waals surface area contributed by atoms with E-state index < -0.39 is 30.4 Å². The van der Waals surface area contributed by atoms with E-state index >= 15 is 0 Å². The molecule has 2 aliphatic rings. The molecule has 0 spiro atoms. The number of rotatable bonds is 7. The Kier molecular flexibility index (Phi) is 8.02. The molecule has 0 N–H and O–H groups in total. The predicted octanol–water partition coefficient (Wildman–Crippen LogP) is 4.17. The molecule has 35 heavy (non-hydrogen) atoms. The Hall–Kier alpha value is -2.77. The van der Waals surface area contributed by atoms with Crippen LogP contribution < -0.4 is 4.74 Å². The highest BCUT2D eigenvalue weighted by molar-refractivity contribution is 5.74. The van der Waals surface area contributed by atoms with Gasteiger partial charge in [0.05, 0.1) is 5.92 Å². The van der Waals surface area contributed by atoms with Crippen molar-refractivity contribution in [1.82, 2.24) is 9.80 Å². The lowest BCUT2D eigenvalue weighted by Gasteiger charge is -2.35. The van der Waals surface area contributed by atoms with Crippen LogP contribution in [0.2, 0.25) is 0 Å². The first-order chi connectivity index (χ1) is 16.3. The molecular weight excluding hydrogens is 493 g/mol. The molecule has 0 unspecified atom stereocenters. The molecule has 0 radical (unpaired) electrons. The van der Waals surface area contributed by atoms with Gasteiger partial charge >= 0.3 is 24.4 Å². The highest BCUT2D eigenvalue weighted by atomic mass is 19.4. The van der Waals surface area contributed by atoms with Gasteiger partial charge < -0.3 is 19.1 Å². The van der Waals surface area contributed by atoms with E-state index in [4.69, 9.17) is 9.47 Å². The Morgan fingerprint density at radius 2 is 1.63 bits per heavy atom. The van der Waals surface area contributed by atoms with Crippen LogP contribution in [-0.4, -0.2) is 73.3 Å². The molecule has 0 aromatic heterocycles. The lowest BCUT2D eigenvalue weighted by molar-refractivity contribution is -0.308. The molecule has 0 atom stereocenters. The van der Waals surface area contributed by atoms with Gasteiger partial charge in [-0.25, -0.2) is 9.18 Å². The lowest BCUT2D eigenvalue weighted by Crippen LogP contribution is -2.52. The summed E-state index contributed by atoms with van der Waals surface area (Å²) in [5.41, 5.74) is 0.838. The standard InChI is InChI=1S/C21H23F7N2O5/c1-12-8-15(22)9-14(16(12)33-11-34-17(31)13-2-3-13)10-29-4-6-30(7-5-29)19(32)35-18(20(23,24)25)21(26,27)28/h8-9,13,18H,2-7,10-11H2,1H3. The van der Waals surface area contributed by atoms with E-state index in [1.54, 1.807) is 11.8 Å². The maximum Gasteiger partial charge on any atom is 0.434 e. The Morgan fingerprint density at radius 3 is 2.17 bits per heavy atom. The molecule has 1 saturated carbocycles. The van der Waals surface area contributed by atoms with Crippen molar-refractivity contribution in [3.8, 4) is 5.75 Å². The average molecular weight is 516 g/mol. The Morgan fingerprint density at radius 1 is 1.03 bits per heavy atom. The van der Waals surface area contributed by atoms with Crippen molar-refractivity contribution in [2.75, 3.05) is 33.0 Å². The second kappa shape index (κ2) is 10.5. The van der Waals surface area contributed by atoms with Crippen molar-refractivity contribution in [2.24, 2.45) is 5.92 Å². The monoisotopic (exact) mass is 516 g/mol. The third-order valence-corrected chi connectivity index (χ3v) is 5.47. The molecule has 1 aliphatic heterocycles. The van der Waals surface area contributed by atoms with Gasteiger partial charge in [-0.15, -0.1) is 0 Å². The van der Waals surface area contributed by atoms with Gasteiger partial charge in [-0.05, 0) is 37.5 Å². The van der Waals surface area contributed by atoms with E-state index in [9.17, 15) is 40.3 Å². The second-order valence-electron chi connectivity index (χ2n) is 8.32. The van der Waals surface area contributed by atoms with Gasteiger partial charge in [-0.1, -0.05) is 0 Å². The molecule has 3 rings (SSSR count). The highest BCUT2D eigenvalue weighted by Crippen LogP contribution is 2.36. The third-order valence-electron chi connectivity index (χ3n) is 5.47. The fourth-order valence-electron chi connectivity index (χ4n) is 3.53. The van der Waals surface area contributed by atoms with Gasteiger partial charge in [-0.3, -0.25) is 9.69 Å². The number of ether oxygens (including phenoxy) is 3. The minimum Gasteiger partial charge on any atom is -0.457 e. The largest absolute Gasteiger partial charge is 0.457 e. The van der Waals surface area contributed by atoms with Crippen LogP contribution >= 0.6 is 0 Å². The molecule has 196 valence electrons. The number of carbonyl (C=O) groups is 2. The van der Waals surface area contributed by atoms with Crippen LogP contribution in [-0.2, 0) is 20.8 Å². The first kappa shape index (κ1) is 26.8. The number of aryl methyl sites for hydroxylation is 1. The van der Waals surface area contributed by atoms with E-state index in [0.29, 0.717) is 11.1 Å². The van der Waals surface area contributed by atoms with Gasteiger partial charge in [-0.2, -0.15) is 26.3 Å². The van der Waals surface area contributed by atoms with Crippen LogP contribution in [0.15, 0.2) is 12.1 Å². The molecule has 1 saturated heterocycles. The van der Waals surface area contributed by atoms with Gasteiger partial charge in [0.1, 0.15) is 11.6 Å². The van der Waals surface area contributed by atoms with E-state index in [-0.39, 0.29) is 57.2 Å². The van der Waals surface area contributed by atoms with Gasteiger partial charge in [0.25, 0.3) is 6.10 Å². The molecule has 1 heterocycles. The molecule has 2 fully saturated rings. The third kappa shape index (κ3) is 7.36. The van der Waals surface area contributed by atoms with Crippen LogP contribution in [0.25, 0.3) is 0 Å². The number of esters is 1. The van der Waals surface area contributed by atoms with Gasteiger partial charge in [0, 0.05) is 38.3 Å². The summed E-state index contributed by atoms with van der Waals surface area (Å²) in [6.45, 7) is 1.08. The minimum atomic E-state index is -5.80. The summed E-state index contributed by atoms with van der Waals surface area (Å²) in [7, 11) is 0. The predicted molar refractivity (Wildman–Crippen MR) is 105 cm³/mol. The number of piperazine rings is 1. The number of alkyl halides is 6. The number of carbonyl (C=O) groups excluding carboxylic acids is 2. The van der Waals surface area contributed by atoms with Crippen molar-refractivity contribution in [1.29, 1.82) is 0 Å². The number of hydrogen-bond donors (Lipinski definition) is 0. The van der Waals surface area contributed by atoms with Gasteiger partial charge in [0.2, 0.25) is 6.79 Å². The topological polar surface area (TPSA) is 68.3 Å². The SMILES string of the molecule is Cc1cc(F)cc(CN2CCN(C(=O)OC(C(F)(F)F)C(F)(F)F)CC2)c1OCOC(=O)C1CC1. The summed E-state index contributed by atoms with van der Waals surface area (Å²) in [6, 6.07) is 2.44. The van der Waals surface area contributed by atoms with Crippen molar-refractivity contribution in [3.63, 3.8) is 0 Å². The van der Waals surface area contributed by atoms with Crippen LogP contribution in [0.3, 0.4) is 0 Å². The maximum absolute atomic E-state index is 14.0. The molecule has 7 nitrogen and oxygen atoms in total. The second-order valence-corrected chi connectivity index (χ2v) is 8.32. The molecule has 1 amide bonds. The van der Waals surface area contributed by atoms with Crippen LogP contribution in [0.5, 0.6) is 5.75 Å². The maximum atomic E-state index is 14.0. The highest BCUT2D eigenvalue weighted by Gasteiger charge is 2.60. The van der Waals surface area contributed by atoms with Gasteiger partial charge in [0.15, 0.2) is 0 Å². The number of amides is 1. The number of hydrogen-bond acceptors (Lipinski definition) is 6. The first-order valence-corrected chi connectivity index (χ1v) is 10.7. The summed E-state index contributed by atoms with van der Waals surface area (Å²) in [4.78, 5) is 26.0. The van der Waals surface area contributed by atoms with E-state index in [2.05, 4.69) is 4.74 Å². The minimum absolute atomic E-state index is 0.0729. The van der Waals surface area contributed by atoms with E-state index in [1.807, 2.05) is 0 Å². The first-order valence-electron chi connectivity index (χ1n) is 10.7. The van der Waals surface area contributed by atoms with Crippen LogP contribution in [0, 0.1) is 18.7 Å². The summed E-state index contributed by atoms with van der Waals surface area (Å²) >= 11 is 0. The molecule has 0 bridgehead atoms. The van der Waals surface area contributed by atoms with Crippen molar-refractivity contribution in [3.05, 3.63) is 29.1 Å². The summed E-state index contributed by atoms with van der Waals surface area (Å²) < 4.78 is 104. The number of halogens is 7. The zero-order valence-electron chi connectivity index (χ0n) is 18.5.